The molecule has 2 heterocycles. The second-order valence-corrected chi connectivity index (χ2v) is 7.43. The van der Waals surface area contributed by atoms with E-state index in [2.05, 4.69) is 9.88 Å². The normalized spacial score (nSPS) is 14.3. The van der Waals surface area contributed by atoms with Crippen LogP contribution < -0.4 is 9.64 Å². The monoisotopic (exact) mass is 411 g/mol. The van der Waals surface area contributed by atoms with Crippen LogP contribution in [0.15, 0.2) is 42.5 Å². The highest BCUT2D eigenvalue weighted by Crippen LogP contribution is 2.27. The Morgan fingerprint density at radius 2 is 1.90 bits per heavy atom. The zero-order chi connectivity index (χ0) is 20.9. The molecule has 1 aromatic heterocycles. The van der Waals surface area contributed by atoms with Crippen LogP contribution in [0, 0.1) is 5.82 Å². The number of hydrogen-bond acceptors (Lipinski definition) is 5. The molecule has 0 aliphatic carbocycles. The van der Waals surface area contributed by atoms with E-state index in [4.69, 9.17) is 9.47 Å². The van der Waals surface area contributed by atoms with Crippen LogP contribution in [0.3, 0.4) is 0 Å². The number of nitrogens with zero attached hydrogens (tertiary/aromatic N) is 3. The number of carbonyl (C=O) groups excluding carboxylic acids is 1. The van der Waals surface area contributed by atoms with Crippen molar-refractivity contribution in [3.8, 4) is 6.01 Å². The molecule has 0 unspecified atom stereocenters. The standard InChI is InChI=1S/C23H26FN3O3/c1-29-23-25-20-11-10-19(26-12-14-30-15-13-26)16-21(20)27(23)22(28)5-3-2-4-17-6-8-18(24)9-7-17/h6-11,16H,2-5,12-15H2,1H3. The summed E-state index contributed by atoms with van der Waals surface area (Å²) in [5.74, 6) is -0.267. The molecule has 1 saturated heterocycles. The summed E-state index contributed by atoms with van der Waals surface area (Å²) < 4.78 is 25.4. The highest BCUT2D eigenvalue weighted by Gasteiger charge is 2.19. The van der Waals surface area contributed by atoms with E-state index in [1.807, 2.05) is 18.2 Å². The third kappa shape index (κ3) is 4.46. The van der Waals surface area contributed by atoms with Gasteiger partial charge in [0.25, 0.3) is 0 Å². The van der Waals surface area contributed by atoms with Gasteiger partial charge in [-0.1, -0.05) is 12.1 Å². The number of rotatable bonds is 7. The zero-order valence-electron chi connectivity index (χ0n) is 17.1. The van der Waals surface area contributed by atoms with E-state index in [1.54, 1.807) is 16.7 Å². The molecule has 1 aliphatic rings. The lowest BCUT2D eigenvalue weighted by molar-refractivity contribution is 0.0893. The van der Waals surface area contributed by atoms with Crippen LogP contribution in [0.1, 0.15) is 29.6 Å². The molecular formula is C23H26FN3O3. The molecule has 158 valence electrons. The van der Waals surface area contributed by atoms with Gasteiger partial charge in [0.05, 0.1) is 31.4 Å². The molecule has 6 nitrogen and oxygen atoms in total. The number of ether oxygens (including phenoxy) is 2. The average Bonchev–Trinajstić information content (AvgIpc) is 3.16. The third-order valence-electron chi connectivity index (χ3n) is 5.43. The predicted molar refractivity (Wildman–Crippen MR) is 114 cm³/mol. The second-order valence-electron chi connectivity index (χ2n) is 7.43. The van der Waals surface area contributed by atoms with Crippen molar-refractivity contribution in [2.75, 3.05) is 38.3 Å². The van der Waals surface area contributed by atoms with Crippen molar-refractivity contribution < 1.29 is 18.7 Å². The van der Waals surface area contributed by atoms with E-state index in [9.17, 15) is 9.18 Å². The SMILES string of the molecule is COc1nc2ccc(N3CCOCC3)cc2n1C(=O)CCCCc1ccc(F)cc1. The van der Waals surface area contributed by atoms with Gasteiger partial charge >= 0.3 is 6.01 Å². The summed E-state index contributed by atoms with van der Waals surface area (Å²) in [4.78, 5) is 19.7. The van der Waals surface area contributed by atoms with Gasteiger partial charge in [-0.2, -0.15) is 4.98 Å². The molecule has 4 rings (SSSR count). The molecule has 30 heavy (non-hydrogen) atoms. The van der Waals surface area contributed by atoms with Crippen LogP contribution in [0.25, 0.3) is 11.0 Å². The van der Waals surface area contributed by atoms with E-state index in [1.165, 1.54) is 19.2 Å². The van der Waals surface area contributed by atoms with Crippen LogP contribution in [0.4, 0.5) is 10.1 Å². The number of aromatic nitrogens is 2. The number of carbonyl (C=O) groups is 1. The average molecular weight is 411 g/mol. The Labute approximate surface area is 175 Å². The third-order valence-corrected chi connectivity index (χ3v) is 5.43. The minimum atomic E-state index is -0.232. The van der Waals surface area contributed by atoms with Crippen molar-refractivity contribution in [2.45, 2.75) is 25.7 Å². The van der Waals surface area contributed by atoms with Gasteiger partial charge in [0.15, 0.2) is 0 Å². The number of benzene rings is 2. The topological polar surface area (TPSA) is 56.6 Å². The van der Waals surface area contributed by atoms with Gasteiger partial charge in [-0.3, -0.25) is 4.79 Å². The summed E-state index contributed by atoms with van der Waals surface area (Å²) in [6.45, 7) is 3.06. The Hall–Kier alpha value is -2.93. The number of fused-ring (bicyclic) bond motifs is 1. The molecule has 0 amide bonds. The summed E-state index contributed by atoms with van der Waals surface area (Å²) in [6, 6.07) is 12.8. The molecule has 0 spiro atoms. The number of hydrogen-bond donors (Lipinski definition) is 0. The summed E-state index contributed by atoms with van der Waals surface area (Å²) >= 11 is 0. The Morgan fingerprint density at radius 3 is 2.63 bits per heavy atom. The molecular weight excluding hydrogens is 385 g/mol. The zero-order valence-corrected chi connectivity index (χ0v) is 17.1. The number of anilines is 1. The van der Waals surface area contributed by atoms with E-state index in [0.717, 1.165) is 54.6 Å². The lowest BCUT2D eigenvalue weighted by atomic mass is 10.1. The van der Waals surface area contributed by atoms with E-state index in [0.29, 0.717) is 25.6 Å². The number of methoxy groups -OCH3 is 1. The molecule has 1 aliphatic heterocycles. The number of aryl methyl sites for hydroxylation is 1. The van der Waals surface area contributed by atoms with Crippen LogP contribution in [-0.4, -0.2) is 48.9 Å². The summed E-state index contributed by atoms with van der Waals surface area (Å²) in [5.41, 5.74) is 3.63. The van der Waals surface area contributed by atoms with Crippen LogP contribution in [0.2, 0.25) is 0 Å². The maximum absolute atomic E-state index is 13.0. The van der Waals surface area contributed by atoms with Crippen molar-refractivity contribution in [1.82, 2.24) is 9.55 Å². The quantitative estimate of drug-likeness (QED) is 0.549. The van der Waals surface area contributed by atoms with Crippen molar-refractivity contribution >= 4 is 22.6 Å². The summed E-state index contributed by atoms with van der Waals surface area (Å²) in [7, 11) is 1.53. The Morgan fingerprint density at radius 1 is 1.13 bits per heavy atom. The van der Waals surface area contributed by atoms with Gasteiger partial charge in [0.2, 0.25) is 5.91 Å². The molecule has 2 aromatic carbocycles. The molecule has 7 heteroatoms. The van der Waals surface area contributed by atoms with Crippen LogP contribution >= 0.6 is 0 Å². The van der Waals surface area contributed by atoms with Gasteiger partial charge in [0, 0.05) is 25.2 Å². The first kappa shape index (κ1) is 20.3. The Bertz CT molecular complexity index is 1010. The lowest BCUT2D eigenvalue weighted by Gasteiger charge is -2.28. The van der Waals surface area contributed by atoms with Gasteiger partial charge in [-0.15, -0.1) is 0 Å². The molecule has 0 saturated carbocycles. The summed E-state index contributed by atoms with van der Waals surface area (Å²) in [5, 5.41) is 0. The second kappa shape index (κ2) is 9.26. The lowest BCUT2D eigenvalue weighted by Crippen LogP contribution is -2.36. The molecule has 0 N–H and O–H groups in total. The van der Waals surface area contributed by atoms with Crippen molar-refractivity contribution in [3.63, 3.8) is 0 Å². The number of morpholine rings is 1. The number of imidazole rings is 1. The first-order chi connectivity index (χ1) is 14.7. The minimum absolute atomic E-state index is 0.0346. The highest BCUT2D eigenvalue weighted by atomic mass is 19.1. The van der Waals surface area contributed by atoms with Gasteiger partial charge in [-0.05, 0) is 55.2 Å². The first-order valence-corrected chi connectivity index (χ1v) is 10.3. The molecule has 0 bridgehead atoms. The minimum Gasteiger partial charge on any atom is -0.468 e. The molecule has 0 radical (unpaired) electrons. The maximum atomic E-state index is 13.0. The highest BCUT2D eigenvalue weighted by molar-refractivity contribution is 5.93. The van der Waals surface area contributed by atoms with E-state index < -0.39 is 0 Å². The smallest absolute Gasteiger partial charge is 0.304 e. The molecule has 0 atom stereocenters. The molecule has 1 fully saturated rings. The van der Waals surface area contributed by atoms with Gasteiger partial charge in [0.1, 0.15) is 5.82 Å². The fourth-order valence-electron chi connectivity index (χ4n) is 3.81. The van der Waals surface area contributed by atoms with Crippen molar-refractivity contribution in [3.05, 3.63) is 53.8 Å². The first-order valence-electron chi connectivity index (χ1n) is 10.3. The van der Waals surface area contributed by atoms with Crippen molar-refractivity contribution in [1.29, 1.82) is 0 Å². The number of unbranched alkanes of at least 4 members (excludes halogenated alkanes) is 1. The Balaban J connectivity index is 1.46. The van der Waals surface area contributed by atoms with Crippen LogP contribution in [0.5, 0.6) is 6.01 Å². The number of halogens is 1. The van der Waals surface area contributed by atoms with E-state index in [-0.39, 0.29) is 11.7 Å². The molecule has 3 aromatic rings. The fourth-order valence-corrected chi connectivity index (χ4v) is 3.81. The summed E-state index contributed by atoms with van der Waals surface area (Å²) in [6.07, 6.45) is 2.80. The predicted octanol–water partition coefficient (Wildman–Crippen LogP) is 4.07. The largest absolute Gasteiger partial charge is 0.468 e. The van der Waals surface area contributed by atoms with Gasteiger partial charge in [-0.25, -0.2) is 8.96 Å². The van der Waals surface area contributed by atoms with E-state index >= 15 is 0 Å². The van der Waals surface area contributed by atoms with Gasteiger partial charge < -0.3 is 14.4 Å². The van der Waals surface area contributed by atoms with Crippen LogP contribution in [-0.2, 0) is 11.2 Å². The Kier molecular flexibility index (Phi) is 6.28. The fraction of sp³-hybridized carbons (Fsp3) is 0.391. The van der Waals surface area contributed by atoms with Crippen molar-refractivity contribution in [2.24, 2.45) is 0 Å². The maximum Gasteiger partial charge on any atom is 0.304 e.